The molecule has 0 spiro atoms. The molecule has 4 aromatic heterocycles. The average Bonchev–Trinajstić information content (AvgIpc) is 3.82. The molecule has 6 heterocycles. The molecule has 14 heteroatoms. The molecule has 0 aromatic carbocycles. The minimum absolute atomic E-state index is 0.0982. The lowest BCUT2D eigenvalue weighted by atomic mass is 9.48. The van der Waals surface area contributed by atoms with E-state index in [4.69, 9.17) is 10.2 Å². The SMILES string of the molecule is CC(C)N1N=C(C2C3CC4CC2CC(O)(C4)C3)c2c(cnc3[nH]ccc23)B1O.CC(C)N1N=C(C2C3CC4CC2CC(O)(C4)C3)c2c(cnc3[nH]ccc23)B1O. The Labute approximate surface area is 328 Å². The summed E-state index contributed by atoms with van der Waals surface area (Å²) in [7, 11) is -1.54. The quantitative estimate of drug-likeness (QED) is 0.171. The van der Waals surface area contributed by atoms with E-state index in [2.05, 4.69) is 59.8 Å². The lowest BCUT2D eigenvalue weighted by molar-refractivity contribution is -0.138. The molecule has 2 aliphatic heterocycles. The first-order chi connectivity index (χ1) is 26.9. The van der Waals surface area contributed by atoms with E-state index >= 15 is 0 Å². The predicted molar refractivity (Wildman–Crippen MR) is 218 cm³/mol. The second-order valence-corrected chi connectivity index (χ2v) is 19.8. The summed E-state index contributed by atoms with van der Waals surface area (Å²) in [6, 6.07) is 4.30. The van der Waals surface area contributed by atoms with Crippen LogP contribution in [0.2, 0.25) is 0 Å². The van der Waals surface area contributed by atoms with Gasteiger partial charge in [-0.2, -0.15) is 10.2 Å². The van der Waals surface area contributed by atoms with Crippen molar-refractivity contribution in [1.82, 2.24) is 29.8 Å². The zero-order valence-corrected chi connectivity index (χ0v) is 32.9. The van der Waals surface area contributed by atoms with E-state index in [0.717, 1.165) is 94.1 Å². The number of H-pyrrole nitrogens is 2. The fourth-order valence-electron chi connectivity index (χ4n) is 13.9. The number of pyridine rings is 2. The van der Waals surface area contributed by atoms with Crippen molar-refractivity contribution >= 4 is 58.5 Å². The van der Waals surface area contributed by atoms with Gasteiger partial charge in [0, 0.05) is 81.5 Å². The van der Waals surface area contributed by atoms with Crippen molar-refractivity contribution in [2.45, 2.75) is 115 Å². The number of nitrogens with one attached hydrogen (secondary N) is 2. The van der Waals surface area contributed by atoms with Gasteiger partial charge in [0.1, 0.15) is 11.3 Å². The van der Waals surface area contributed by atoms with Crippen LogP contribution in [0.5, 0.6) is 0 Å². The highest BCUT2D eigenvalue weighted by molar-refractivity contribution is 6.67. The number of hydrogen-bond donors (Lipinski definition) is 6. The molecule has 14 rings (SSSR count). The maximum absolute atomic E-state index is 11.0. The molecule has 8 bridgehead atoms. The average molecular weight is 757 g/mol. The van der Waals surface area contributed by atoms with Gasteiger partial charge in [-0.05, 0) is 140 Å². The van der Waals surface area contributed by atoms with Gasteiger partial charge in [-0.3, -0.25) is 0 Å². The lowest BCUT2D eigenvalue weighted by Crippen LogP contribution is -2.60. The molecule has 8 fully saturated rings. The minimum atomic E-state index is -0.772. The van der Waals surface area contributed by atoms with E-state index < -0.39 is 25.3 Å². The smallest absolute Gasteiger partial charge is 0.428 e. The van der Waals surface area contributed by atoms with E-state index in [9.17, 15) is 20.3 Å². The van der Waals surface area contributed by atoms with E-state index in [0.29, 0.717) is 47.3 Å². The van der Waals surface area contributed by atoms with Crippen molar-refractivity contribution < 1.29 is 20.3 Å². The van der Waals surface area contributed by atoms with Crippen molar-refractivity contribution in [2.75, 3.05) is 0 Å². The summed E-state index contributed by atoms with van der Waals surface area (Å²) in [6.07, 6.45) is 17.8. The maximum Gasteiger partial charge on any atom is 0.468 e. The number of hydrogen-bond acceptors (Lipinski definition) is 10. The van der Waals surface area contributed by atoms with Gasteiger partial charge in [0.15, 0.2) is 0 Å². The van der Waals surface area contributed by atoms with Crippen molar-refractivity contribution in [2.24, 2.45) is 57.5 Å². The van der Waals surface area contributed by atoms with Crippen LogP contribution in [0.25, 0.3) is 22.1 Å². The van der Waals surface area contributed by atoms with Crippen LogP contribution in [0, 0.1) is 47.3 Å². The predicted octanol–water partition coefficient (Wildman–Crippen LogP) is 3.73. The van der Waals surface area contributed by atoms with Crippen LogP contribution >= 0.6 is 0 Å². The zero-order chi connectivity index (χ0) is 38.4. The van der Waals surface area contributed by atoms with Gasteiger partial charge >= 0.3 is 14.1 Å². The highest BCUT2D eigenvalue weighted by Crippen LogP contribution is 2.60. The third kappa shape index (κ3) is 5.27. The Bertz CT molecular complexity index is 2100. The van der Waals surface area contributed by atoms with E-state index in [1.807, 2.05) is 34.6 Å². The molecule has 6 N–H and O–H groups in total. The van der Waals surface area contributed by atoms with Gasteiger partial charge < -0.3 is 40.1 Å². The number of nitrogens with zero attached hydrogens (tertiary/aromatic N) is 6. The summed E-state index contributed by atoms with van der Waals surface area (Å²) in [5.74, 6) is 3.96. The Morgan fingerprint density at radius 1 is 0.625 bits per heavy atom. The molecule has 292 valence electrons. The van der Waals surface area contributed by atoms with Gasteiger partial charge in [-0.15, -0.1) is 0 Å². The molecule has 0 amide bonds. The zero-order valence-electron chi connectivity index (χ0n) is 32.9. The fraction of sp³-hybridized carbons (Fsp3) is 0.619. The largest absolute Gasteiger partial charge is 0.468 e. The first-order valence-corrected chi connectivity index (χ1v) is 21.3. The Morgan fingerprint density at radius 3 is 1.34 bits per heavy atom. The summed E-state index contributed by atoms with van der Waals surface area (Å²) in [5.41, 5.74) is 6.86. The summed E-state index contributed by atoms with van der Waals surface area (Å²) < 4.78 is 0. The van der Waals surface area contributed by atoms with Crippen molar-refractivity contribution in [3.05, 3.63) is 48.0 Å². The number of fused-ring (bicyclic) bond motifs is 6. The normalized spacial score (nSPS) is 36.4. The molecule has 0 radical (unpaired) electrons. The van der Waals surface area contributed by atoms with E-state index in [1.165, 1.54) is 25.7 Å². The fourth-order valence-corrected chi connectivity index (χ4v) is 13.9. The van der Waals surface area contributed by atoms with Crippen LogP contribution in [-0.2, 0) is 0 Å². The van der Waals surface area contributed by atoms with E-state index in [-0.39, 0.29) is 12.1 Å². The molecule has 0 saturated heterocycles. The number of rotatable bonds is 4. The molecular weight excluding hydrogens is 702 g/mol. The first-order valence-electron chi connectivity index (χ1n) is 21.3. The molecule has 56 heavy (non-hydrogen) atoms. The van der Waals surface area contributed by atoms with Gasteiger partial charge in [-0.25, -0.2) is 9.97 Å². The van der Waals surface area contributed by atoms with Crippen LogP contribution in [0.1, 0.15) is 103 Å². The summed E-state index contributed by atoms with van der Waals surface area (Å²) >= 11 is 0. The van der Waals surface area contributed by atoms with Crippen LogP contribution < -0.4 is 10.9 Å². The number of aromatic amines is 2. The number of hydrazone groups is 2. The minimum Gasteiger partial charge on any atom is -0.428 e. The molecule has 4 unspecified atom stereocenters. The number of aromatic nitrogens is 4. The number of aliphatic hydroxyl groups is 2. The van der Waals surface area contributed by atoms with Crippen LogP contribution in [0.4, 0.5) is 0 Å². The van der Waals surface area contributed by atoms with Crippen molar-refractivity contribution in [1.29, 1.82) is 0 Å². The van der Waals surface area contributed by atoms with Gasteiger partial charge in [0.25, 0.3) is 0 Å². The van der Waals surface area contributed by atoms with E-state index in [1.54, 1.807) is 0 Å². The third-order valence-electron chi connectivity index (χ3n) is 15.4. The Hall–Kier alpha value is -3.71. The topological polar surface area (TPSA) is 169 Å². The van der Waals surface area contributed by atoms with Crippen LogP contribution in [0.3, 0.4) is 0 Å². The van der Waals surface area contributed by atoms with Gasteiger partial charge in [0.2, 0.25) is 0 Å². The molecular formula is C42H54B2N8O4. The Morgan fingerprint density at radius 2 is 1.00 bits per heavy atom. The summed E-state index contributed by atoms with van der Waals surface area (Å²) in [4.78, 5) is 19.2. The maximum atomic E-state index is 11.0. The third-order valence-corrected chi connectivity index (χ3v) is 15.4. The summed E-state index contributed by atoms with van der Waals surface area (Å²) in [6.45, 7) is 8.27. The van der Waals surface area contributed by atoms with Gasteiger partial charge in [0.05, 0.1) is 22.6 Å². The summed E-state index contributed by atoms with van der Waals surface area (Å²) in [5, 5.41) is 56.4. The highest BCUT2D eigenvalue weighted by atomic mass is 16.3. The molecule has 10 aliphatic rings. The highest BCUT2D eigenvalue weighted by Gasteiger charge is 2.58. The van der Waals surface area contributed by atoms with Crippen molar-refractivity contribution in [3.8, 4) is 0 Å². The molecule has 12 nitrogen and oxygen atoms in total. The Kier molecular flexibility index (Phi) is 7.85. The van der Waals surface area contributed by atoms with Crippen LogP contribution in [-0.4, -0.2) is 98.8 Å². The molecule has 4 atom stereocenters. The van der Waals surface area contributed by atoms with Crippen molar-refractivity contribution in [3.63, 3.8) is 0 Å². The Balaban J connectivity index is 0.000000130. The molecule has 8 aliphatic carbocycles. The van der Waals surface area contributed by atoms with Crippen LogP contribution in [0.15, 0.2) is 47.1 Å². The second kappa shape index (κ2) is 12.4. The lowest BCUT2D eigenvalue weighted by Gasteiger charge is -2.58. The van der Waals surface area contributed by atoms with Gasteiger partial charge in [-0.1, -0.05) is 0 Å². The monoisotopic (exact) mass is 756 g/mol. The second-order valence-electron chi connectivity index (χ2n) is 19.8. The molecule has 4 aromatic rings. The molecule has 8 saturated carbocycles. The first kappa shape index (κ1) is 35.5. The standard InChI is InChI=1S/2C21H27BN4O2/c2*1-11(2)26-22(28)16-10-24-20-15(3-4-23-20)18(16)19(25-26)17-13-5-12-6-14(17)9-21(27,7-12)8-13/h2*3-4,10-14,17,27-28H,5-9H2,1-2H3,(H,23,24).